The molecule has 0 aliphatic heterocycles. The lowest BCUT2D eigenvalue weighted by Gasteiger charge is -2.19. The molecule has 2 aromatic rings. The average Bonchev–Trinajstić information content (AvgIpc) is 2.36. The van der Waals surface area contributed by atoms with Crippen molar-refractivity contribution in [3.8, 4) is 0 Å². The highest BCUT2D eigenvalue weighted by Gasteiger charge is 2.09. The van der Waals surface area contributed by atoms with Gasteiger partial charge < -0.3 is 5.32 Å². The first kappa shape index (κ1) is 13.7. The molecule has 0 amide bonds. The van der Waals surface area contributed by atoms with Crippen LogP contribution >= 0.6 is 34.2 Å². The summed E-state index contributed by atoms with van der Waals surface area (Å²) < 4.78 is 1.23. The highest BCUT2D eigenvalue weighted by Crippen LogP contribution is 2.25. The minimum atomic E-state index is 0.293. The van der Waals surface area contributed by atoms with E-state index >= 15 is 0 Å². The number of halogens is 2. The van der Waals surface area contributed by atoms with Gasteiger partial charge >= 0.3 is 0 Å². The first-order valence-electron chi connectivity index (χ1n) is 5.96. The van der Waals surface area contributed by atoms with Crippen LogP contribution in [0.4, 0.5) is 5.69 Å². The molecule has 2 rings (SSSR count). The molecule has 0 saturated heterocycles. The monoisotopic (exact) mass is 371 g/mol. The Balaban J connectivity index is 2.19. The van der Waals surface area contributed by atoms with E-state index in [0.29, 0.717) is 6.04 Å². The average molecular weight is 372 g/mol. The fourth-order valence-electron chi connectivity index (χ4n) is 1.92. The van der Waals surface area contributed by atoms with Gasteiger partial charge in [-0.3, -0.25) is 0 Å². The van der Waals surface area contributed by atoms with Crippen molar-refractivity contribution in [2.24, 2.45) is 0 Å². The van der Waals surface area contributed by atoms with E-state index in [1.807, 2.05) is 18.2 Å². The van der Waals surface area contributed by atoms with Crippen LogP contribution in [0.3, 0.4) is 0 Å². The van der Waals surface area contributed by atoms with Crippen LogP contribution in [0.5, 0.6) is 0 Å². The summed E-state index contributed by atoms with van der Waals surface area (Å²) in [5.41, 5.74) is 2.37. The van der Waals surface area contributed by atoms with Crippen LogP contribution in [0.15, 0.2) is 48.5 Å². The van der Waals surface area contributed by atoms with Gasteiger partial charge in [-0.25, -0.2) is 0 Å². The molecule has 1 unspecified atom stereocenters. The summed E-state index contributed by atoms with van der Waals surface area (Å²) in [6.07, 6.45) is 1.02. The van der Waals surface area contributed by atoms with Gasteiger partial charge in [0.05, 0.1) is 6.04 Å². The predicted molar refractivity (Wildman–Crippen MR) is 87.3 cm³/mol. The van der Waals surface area contributed by atoms with Crippen molar-refractivity contribution in [3.63, 3.8) is 0 Å². The third-order valence-corrected chi connectivity index (χ3v) is 3.73. The van der Waals surface area contributed by atoms with Crippen molar-refractivity contribution < 1.29 is 0 Å². The van der Waals surface area contributed by atoms with Gasteiger partial charge in [-0.15, -0.1) is 0 Å². The van der Waals surface area contributed by atoms with E-state index in [2.05, 4.69) is 65.2 Å². The molecular formula is C15H15ClIN. The first-order chi connectivity index (χ1) is 8.69. The Hall–Kier alpha value is -0.740. The second-order valence-electron chi connectivity index (χ2n) is 4.17. The largest absolute Gasteiger partial charge is 0.378 e. The summed E-state index contributed by atoms with van der Waals surface area (Å²) in [4.78, 5) is 0. The first-order valence-corrected chi connectivity index (χ1v) is 7.42. The van der Waals surface area contributed by atoms with Crippen molar-refractivity contribution in [1.29, 1.82) is 0 Å². The summed E-state index contributed by atoms with van der Waals surface area (Å²) in [7, 11) is 0. The van der Waals surface area contributed by atoms with Crippen LogP contribution in [0.1, 0.15) is 24.9 Å². The van der Waals surface area contributed by atoms with Gasteiger partial charge in [0.2, 0.25) is 0 Å². The van der Waals surface area contributed by atoms with Gasteiger partial charge in [-0.1, -0.05) is 36.7 Å². The minimum Gasteiger partial charge on any atom is -0.378 e. The predicted octanol–water partition coefficient (Wildman–Crippen LogP) is 5.51. The Morgan fingerprint density at radius 1 is 1.17 bits per heavy atom. The van der Waals surface area contributed by atoms with Crippen molar-refractivity contribution >= 4 is 39.9 Å². The topological polar surface area (TPSA) is 12.0 Å². The minimum absolute atomic E-state index is 0.293. The highest BCUT2D eigenvalue weighted by atomic mass is 127. The lowest BCUT2D eigenvalue weighted by molar-refractivity contribution is 0.749. The molecule has 1 nitrogen and oxygen atoms in total. The molecule has 0 bridgehead atoms. The zero-order valence-electron chi connectivity index (χ0n) is 10.2. The fraction of sp³-hybridized carbons (Fsp3) is 0.200. The summed E-state index contributed by atoms with van der Waals surface area (Å²) in [5.74, 6) is 0. The molecule has 0 radical (unpaired) electrons. The maximum Gasteiger partial charge on any atom is 0.0511 e. The molecule has 1 N–H and O–H groups in total. The van der Waals surface area contributed by atoms with E-state index in [4.69, 9.17) is 11.6 Å². The molecular weight excluding hydrogens is 357 g/mol. The normalized spacial score (nSPS) is 12.2. The van der Waals surface area contributed by atoms with E-state index in [1.54, 1.807) is 0 Å². The second-order valence-corrected chi connectivity index (χ2v) is 5.85. The summed E-state index contributed by atoms with van der Waals surface area (Å²) in [6, 6.07) is 16.7. The maximum absolute atomic E-state index is 6.05. The van der Waals surface area contributed by atoms with Gasteiger partial charge in [-0.05, 0) is 64.9 Å². The van der Waals surface area contributed by atoms with Crippen LogP contribution in [0, 0.1) is 3.57 Å². The molecule has 1 atom stereocenters. The number of hydrogen-bond donors (Lipinski definition) is 1. The Morgan fingerprint density at radius 3 is 2.61 bits per heavy atom. The SMILES string of the molecule is CCC(Nc1cccc(I)c1)c1cccc(Cl)c1. The Morgan fingerprint density at radius 2 is 1.94 bits per heavy atom. The number of nitrogens with one attached hydrogen (secondary N) is 1. The molecule has 94 valence electrons. The van der Waals surface area contributed by atoms with E-state index in [0.717, 1.165) is 17.1 Å². The molecule has 2 aromatic carbocycles. The summed E-state index contributed by atoms with van der Waals surface area (Å²) >= 11 is 8.37. The van der Waals surface area contributed by atoms with E-state index in [9.17, 15) is 0 Å². The van der Waals surface area contributed by atoms with E-state index in [1.165, 1.54) is 9.13 Å². The van der Waals surface area contributed by atoms with Crippen molar-refractivity contribution in [1.82, 2.24) is 0 Å². The molecule has 0 aliphatic rings. The molecule has 3 heteroatoms. The Labute approximate surface area is 127 Å². The number of hydrogen-bond acceptors (Lipinski definition) is 1. The van der Waals surface area contributed by atoms with Crippen LogP contribution in [-0.2, 0) is 0 Å². The third-order valence-electron chi connectivity index (χ3n) is 2.82. The standard InChI is InChI=1S/C15H15ClIN/c1-2-15(11-5-3-6-12(16)9-11)18-14-8-4-7-13(17)10-14/h3-10,15,18H,2H2,1H3. The van der Waals surface area contributed by atoms with Crippen LogP contribution < -0.4 is 5.32 Å². The highest BCUT2D eigenvalue weighted by molar-refractivity contribution is 14.1. The number of anilines is 1. The molecule has 0 saturated carbocycles. The summed E-state index contributed by atoms with van der Waals surface area (Å²) in [6.45, 7) is 2.17. The van der Waals surface area contributed by atoms with Gasteiger partial charge in [0, 0.05) is 14.3 Å². The van der Waals surface area contributed by atoms with Crippen LogP contribution in [0.25, 0.3) is 0 Å². The Bertz CT molecular complexity index is 527. The molecule has 0 spiro atoms. The molecule has 0 aromatic heterocycles. The van der Waals surface area contributed by atoms with Crippen LogP contribution in [-0.4, -0.2) is 0 Å². The third kappa shape index (κ3) is 3.62. The summed E-state index contributed by atoms with van der Waals surface area (Å²) in [5, 5.41) is 4.34. The fourth-order valence-corrected chi connectivity index (χ4v) is 2.67. The van der Waals surface area contributed by atoms with Crippen molar-refractivity contribution in [2.75, 3.05) is 5.32 Å². The number of benzene rings is 2. The van der Waals surface area contributed by atoms with E-state index in [-0.39, 0.29) is 0 Å². The van der Waals surface area contributed by atoms with Crippen molar-refractivity contribution in [2.45, 2.75) is 19.4 Å². The maximum atomic E-state index is 6.05. The Kier molecular flexibility index (Phi) is 4.89. The second kappa shape index (κ2) is 6.43. The van der Waals surface area contributed by atoms with Crippen molar-refractivity contribution in [3.05, 3.63) is 62.7 Å². The van der Waals surface area contributed by atoms with Gasteiger partial charge in [-0.2, -0.15) is 0 Å². The quantitative estimate of drug-likeness (QED) is 0.699. The van der Waals surface area contributed by atoms with Gasteiger partial charge in [0.1, 0.15) is 0 Å². The van der Waals surface area contributed by atoms with Gasteiger partial charge in [0.15, 0.2) is 0 Å². The molecule has 18 heavy (non-hydrogen) atoms. The molecule has 0 heterocycles. The lowest BCUT2D eigenvalue weighted by atomic mass is 10.0. The zero-order chi connectivity index (χ0) is 13.0. The van der Waals surface area contributed by atoms with Crippen LogP contribution in [0.2, 0.25) is 5.02 Å². The molecule has 0 aliphatic carbocycles. The number of rotatable bonds is 4. The zero-order valence-corrected chi connectivity index (χ0v) is 13.1. The lowest BCUT2D eigenvalue weighted by Crippen LogP contribution is -2.09. The van der Waals surface area contributed by atoms with E-state index < -0.39 is 0 Å². The molecule has 0 fully saturated rings. The smallest absolute Gasteiger partial charge is 0.0511 e. The van der Waals surface area contributed by atoms with Gasteiger partial charge in [0.25, 0.3) is 0 Å².